The van der Waals surface area contributed by atoms with Gasteiger partial charge in [0.1, 0.15) is 5.75 Å². The van der Waals surface area contributed by atoms with Crippen molar-refractivity contribution >= 4 is 5.91 Å². The maximum Gasteiger partial charge on any atom is 0.253 e. The molecule has 1 amide bonds. The molecule has 2 aromatic rings. The molecule has 0 bridgehead atoms. The second-order valence-corrected chi connectivity index (χ2v) is 10.2. The number of rotatable bonds is 12. The highest BCUT2D eigenvalue weighted by molar-refractivity contribution is 5.94. The van der Waals surface area contributed by atoms with Gasteiger partial charge in [0.2, 0.25) is 0 Å². The van der Waals surface area contributed by atoms with Crippen LogP contribution in [0.4, 0.5) is 0 Å². The monoisotopic (exact) mass is 493 g/mol. The van der Waals surface area contributed by atoms with Gasteiger partial charge >= 0.3 is 0 Å². The zero-order valence-corrected chi connectivity index (χ0v) is 23.4. The van der Waals surface area contributed by atoms with E-state index in [4.69, 9.17) is 4.74 Å². The molecule has 3 rings (SSSR count). The van der Waals surface area contributed by atoms with E-state index in [1.165, 1.54) is 43.4 Å². The fraction of sp³-hybridized carbons (Fsp3) is 0.581. The largest absolute Gasteiger partial charge is 0.497 e. The maximum atomic E-state index is 12.9. The Balaban J connectivity index is 1.88. The lowest BCUT2D eigenvalue weighted by Crippen LogP contribution is -2.57. The average molecular weight is 494 g/mol. The molecule has 1 aliphatic rings. The number of amides is 1. The van der Waals surface area contributed by atoms with Crippen molar-refractivity contribution in [2.24, 2.45) is 0 Å². The van der Waals surface area contributed by atoms with Crippen LogP contribution in [0.15, 0.2) is 48.5 Å². The quantitative estimate of drug-likeness (QED) is 0.328. The molecule has 36 heavy (non-hydrogen) atoms. The van der Waals surface area contributed by atoms with Crippen LogP contribution in [0.25, 0.3) is 0 Å². The predicted octanol–water partition coefficient (Wildman–Crippen LogP) is 6.24. The summed E-state index contributed by atoms with van der Waals surface area (Å²) in [7, 11) is 1.73. The van der Waals surface area contributed by atoms with E-state index in [1.807, 2.05) is 36.9 Å². The van der Waals surface area contributed by atoms with Crippen molar-refractivity contribution in [3.05, 3.63) is 65.2 Å². The third-order valence-electron chi connectivity index (χ3n) is 7.73. The lowest BCUT2D eigenvalue weighted by molar-refractivity contribution is 0.0231. The molecule has 2 aromatic carbocycles. The first-order chi connectivity index (χ1) is 17.4. The third-order valence-corrected chi connectivity index (χ3v) is 7.73. The minimum Gasteiger partial charge on any atom is -0.497 e. The molecule has 1 heterocycles. The van der Waals surface area contributed by atoms with Gasteiger partial charge in [-0.05, 0) is 76.1 Å². The van der Waals surface area contributed by atoms with Gasteiger partial charge in [0, 0.05) is 43.8 Å². The Kier molecular flexibility index (Phi) is 10.8. The number of hydrogen-bond donors (Lipinski definition) is 0. The second-order valence-electron chi connectivity index (χ2n) is 10.2. The van der Waals surface area contributed by atoms with Gasteiger partial charge in [0.15, 0.2) is 0 Å². The van der Waals surface area contributed by atoms with Gasteiger partial charge in [0.25, 0.3) is 5.91 Å². The van der Waals surface area contributed by atoms with Crippen molar-refractivity contribution in [2.45, 2.75) is 78.4 Å². The molecule has 5 nitrogen and oxygen atoms in total. The lowest BCUT2D eigenvalue weighted by Gasteiger charge is -2.48. The predicted molar refractivity (Wildman–Crippen MR) is 150 cm³/mol. The first-order valence-electron chi connectivity index (χ1n) is 14.0. The molecular weight excluding hydrogens is 446 g/mol. The smallest absolute Gasteiger partial charge is 0.253 e. The Morgan fingerprint density at radius 3 is 2.31 bits per heavy atom. The number of piperazine rings is 1. The van der Waals surface area contributed by atoms with Crippen LogP contribution < -0.4 is 4.74 Å². The van der Waals surface area contributed by atoms with E-state index in [9.17, 15) is 4.79 Å². The molecule has 0 aromatic heterocycles. The molecule has 0 spiro atoms. The van der Waals surface area contributed by atoms with E-state index < -0.39 is 0 Å². The van der Waals surface area contributed by atoms with Crippen LogP contribution in [-0.2, 0) is 0 Å². The van der Waals surface area contributed by atoms with Crippen molar-refractivity contribution in [2.75, 3.05) is 39.8 Å². The van der Waals surface area contributed by atoms with Gasteiger partial charge in [-0.15, -0.1) is 0 Å². The van der Waals surface area contributed by atoms with E-state index in [0.717, 1.165) is 37.5 Å². The minimum absolute atomic E-state index is 0.100. The number of methoxy groups -OCH3 is 1. The number of hydrogen-bond acceptors (Lipinski definition) is 4. The molecule has 0 N–H and O–H groups in total. The summed E-state index contributed by atoms with van der Waals surface area (Å²) in [5.74, 6) is 0.976. The van der Waals surface area contributed by atoms with E-state index in [2.05, 4.69) is 60.9 Å². The third kappa shape index (κ3) is 6.89. The van der Waals surface area contributed by atoms with Crippen LogP contribution in [0.1, 0.15) is 87.8 Å². The molecule has 198 valence electrons. The zero-order valence-electron chi connectivity index (χ0n) is 23.4. The van der Waals surface area contributed by atoms with Crippen LogP contribution in [0.3, 0.4) is 0 Å². The number of carbonyl (C=O) groups excluding carboxylic acids is 1. The van der Waals surface area contributed by atoms with Gasteiger partial charge in [0.05, 0.1) is 13.2 Å². The summed E-state index contributed by atoms with van der Waals surface area (Å²) >= 11 is 0. The molecule has 1 saturated heterocycles. The van der Waals surface area contributed by atoms with Crippen LogP contribution in [0, 0.1) is 0 Å². The van der Waals surface area contributed by atoms with E-state index >= 15 is 0 Å². The summed E-state index contributed by atoms with van der Waals surface area (Å²) in [6.45, 7) is 15.8. The Hall–Kier alpha value is -2.37. The van der Waals surface area contributed by atoms with Crippen molar-refractivity contribution in [1.29, 1.82) is 0 Å². The molecule has 0 unspecified atom stereocenters. The van der Waals surface area contributed by atoms with Crippen molar-refractivity contribution in [3.63, 3.8) is 0 Å². The molecule has 0 aliphatic carbocycles. The number of benzene rings is 2. The number of nitrogens with zero attached hydrogens (tertiary/aromatic N) is 3. The minimum atomic E-state index is 0.100. The number of unbranched alkanes of at least 4 members (excludes halogenated alkanes) is 3. The highest BCUT2D eigenvalue weighted by atomic mass is 16.5. The maximum absolute atomic E-state index is 12.9. The summed E-state index contributed by atoms with van der Waals surface area (Å²) in [5.41, 5.74) is 3.20. The SMILES string of the molecule is CCCCCCN1C[C@@H](C)N([C@@H](c2ccc(C(=O)N(CC)CC)cc2)c2cccc(OC)c2)C[C@@H]1C. The van der Waals surface area contributed by atoms with Crippen LogP contribution >= 0.6 is 0 Å². The fourth-order valence-corrected chi connectivity index (χ4v) is 5.53. The van der Waals surface area contributed by atoms with E-state index in [1.54, 1.807) is 7.11 Å². The standard InChI is InChI=1S/C31H47N3O2/c1-7-10-11-12-20-33-22-25(5)34(23-24(33)4)30(28-14-13-15-29(21-28)36-6)26-16-18-27(19-17-26)31(35)32(8-2)9-3/h13-19,21,24-25,30H,7-12,20,22-23H2,1-6H3/t24-,25+,30-/m0/s1. The van der Waals surface area contributed by atoms with Gasteiger partial charge in [-0.25, -0.2) is 0 Å². The number of carbonyl (C=O) groups is 1. The first-order valence-corrected chi connectivity index (χ1v) is 14.0. The highest BCUT2D eigenvalue weighted by Gasteiger charge is 2.34. The van der Waals surface area contributed by atoms with Crippen LogP contribution in [-0.4, -0.2) is 72.5 Å². The molecule has 0 saturated carbocycles. The summed E-state index contributed by atoms with van der Waals surface area (Å²) < 4.78 is 5.58. The Morgan fingerprint density at radius 2 is 1.67 bits per heavy atom. The average Bonchev–Trinajstić information content (AvgIpc) is 2.90. The summed E-state index contributed by atoms with van der Waals surface area (Å²) in [6.07, 6.45) is 5.21. The van der Waals surface area contributed by atoms with Gasteiger partial charge < -0.3 is 9.64 Å². The lowest BCUT2D eigenvalue weighted by atomic mass is 9.92. The fourth-order valence-electron chi connectivity index (χ4n) is 5.53. The normalized spacial score (nSPS) is 19.7. The van der Waals surface area contributed by atoms with Crippen molar-refractivity contribution < 1.29 is 9.53 Å². The summed E-state index contributed by atoms with van der Waals surface area (Å²) in [4.78, 5) is 20.1. The Bertz CT molecular complexity index is 941. The Labute approximate surface area is 219 Å². The zero-order chi connectivity index (χ0) is 26.1. The van der Waals surface area contributed by atoms with E-state index in [0.29, 0.717) is 12.1 Å². The molecular formula is C31H47N3O2. The van der Waals surface area contributed by atoms with Gasteiger partial charge in [-0.1, -0.05) is 50.5 Å². The molecule has 1 fully saturated rings. The van der Waals surface area contributed by atoms with Crippen molar-refractivity contribution in [3.8, 4) is 5.75 Å². The van der Waals surface area contributed by atoms with Crippen LogP contribution in [0.5, 0.6) is 5.75 Å². The summed E-state index contributed by atoms with van der Waals surface area (Å²) in [6, 6.07) is 17.8. The highest BCUT2D eigenvalue weighted by Crippen LogP contribution is 2.35. The van der Waals surface area contributed by atoms with E-state index in [-0.39, 0.29) is 11.9 Å². The Morgan fingerprint density at radius 1 is 0.944 bits per heavy atom. The van der Waals surface area contributed by atoms with Gasteiger partial charge in [-0.3, -0.25) is 14.6 Å². The topological polar surface area (TPSA) is 36.0 Å². The summed E-state index contributed by atoms with van der Waals surface area (Å²) in [5, 5.41) is 0. The van der Waals surface area contributed by atoms with Crippen molar-refractivity contribution in [1.82, 2.24) is 14.7 Å². The number of ether oxygens (including phenoxy) is 1. The second kappa shape index (κ2) is 13.8. The molecule has 1 aliphatic heterocycles. The molecule has 3 atom stereocenters. The molecule has 0 radical (unpaired) electrons. The van der Waals surface area contributed by atoms with Gasteiger partial charge in [-0.2, -0.15) is 0 Å². The van der Waals surface area contributed by atoms with Crippen LogP contribution in [0.2, 0.25) is 0 Å². The molecule has 5 heteroatoms. The first kappa shape index (κ1) is 28.2.